The topological polar surface area (TPSA) is 102 Å². The Labute approximate surface area is 123 Å². The number of hydrogen-bond donors (Lipinski definition) is 3. The molecular weight excluding hydrogens is 318 g/mol. The Bertz CT molecular complexity index is 502. The molecule has 2 amide bonds. The number of nitrogens with one attached hydrogen (secondary N) is 1. The van der Waals surface area contributed by atoms with E-state index in [1.165, 1.54) is 12.1 Å². The summed E-state index contributed by atoms with van der Waals surface area (Å²) in [7, 11) is 0. The largest absolute Gasteiger partial charge is 0.507 e. The van der Waals surface area contributed by atoms with Gasteiger partial charge in [-0.3, -0.25) is 10.1 Å². The molecule has 0 atom stereocenters. The molecule has 19 heavy (non-hydrogen) atoms. The highest BCUT2D eigenvalue weighted by atomic mass is 35.6. The third-order valence-electron chi connectivity index (χ3n) is 1.88. The maximum Gasteiger partial charge on any atom is 0.411 e. The van der Waals surface area contributed by atoms with Crippen LogP contribution in [0.2, 0.25) is 0 Å². The number of carbonyl (C=O) groups is 2. The van der Waals surface area contributed by atoms with Crippen LogP contribution in [-0.4, -0.2) is 27.5 Å². The number of carbonyl (C=O) groups excluding carboxylic acids is 2. The van der Waals surface area contributed by atoms with E-state index in [1.54, 1.807) is 0 Å². The molecule has 1 aromatic rings. The lowest BCUT2D eigenvalue weighted by atomic mass is 10.1. The highest BCUT2D eigenvalue weighted by Gasteiger charge is 2.22. The molecule has 0 bridgehead atoms. The van der Waals surface area contributed by atoms with Gasteiger partial charge >= 0.3 is 6.09 Å². The summed E-state index contributed by atoms with van der Waals surface area (Å²) in [6.45, 7) is -0.436. The highest BCUT2D eigenvalue weighted by Crippen LogP contribution is 2.26. The first-order valence-corrected chi connectivity index (χ1v) is 5.96. The zero-order chi connectivity index (χ0) is 14.6. The average Bonchev–Trinajstić information content (AvgIpc) is 2.25. The van der Waals surface area contributed by atoms with Crippen LogP contribution in [0.15, 0.2) is 18.2 Å². The number of anilines is 1. The summed E-state index contributed by atoms with van der Waals surface area (Å²) in [5.74, 6) is -1.16. The monoisotopic (exact) mass is 326 g/mol. The Morgan fingerprint density at radius 1 is 1.37 bits per heavy atom. The molecule has 0 radical (unpaired) electrons. The van der Waals surface area contributed by atoms with Crippen LogP contribution >= 0.6 is 34.8 Å². The van der Waals surface area contributed by atoms with E-state index in [-0.39, 0.29) is 17.0 Å². The third kappa shape index (κ3) is 5.42. The molecule has 9 heteroatoms. The molecule has 0 aliphatic carbocycles. The van der Waals surface area contributed by atoms with Crippen molar-refractivity contribution in [2.75, 3.05) is 11.9 Å². The number of primary amides is 1. The zero-order valence-corrected chi connectivity index (χ0v) is 11.6. The van der Waals surface area contributed by atoms with Gasteiger partial charge in [0.15, 0.2) is 0 Å². The lowest BCUT2D eigenvalue weighted by Gasteiger charge is -2.12. The van der Waals surface area contributed by atoms with Gasteiger partial charge < -0.3 is 15.6 Å². The second kappa shape index (κ2) is 6.18. The van der Waals surface area contributed by atoms with Gasteiger partial charge in [0.2, 0.25) is 3.79 Å². The molecule has 1 rings (SSSR count). The summed E-state index contributed by atoms with van der Waals surface area (Å²) in [6, 6.07) is 3.75. The molecule has 6 nitrogen and oxygen atoms in total. The summed E-state index contributed by atoms with van der Waals surface area (Å²) in [5.41, 5.74) is 5.13. The number of aromatic hydroxyl groups is 1. The normalized spacial score (nSPS) is 10.9. The molecule has 0 aromatic heterocycles. The first-order valence-electron chi connectivity index (χ1n) is 4.82. The van der Waals surface area contributed by atoms with Crippen LogP contribution < -0.4 is 11.1 Å². The van der Waals surface area contributed by atoms with Crippen molar-refractivity contribution < 1.29 is 19.4 Å². The Hall–Kier alpha value is -1.37. The van der Waals surface area contributed by atoms with Crippen molar-refractivity contribution in [3.8, 4) is 5.75 Å². The van der Waals surface area contributed by atoms with Crippen molar-refractivity contribution in [2.45, 2.75) is 3.79 Å². The fourth-order valence-electron chi connectivity index (χ4n) is 1.12. The number of phenols is 1. The lowest BCUT2D eigenvalue weighted by molar-refractivity contribution is 0.0998. The molecule has 0 unspecified atom stereocenters. The quantitative estimate of drug-likeness (QED) is 0.742. The maximum absolute atomic E-state index is 11.3. The second-order valence-corrected chi connectivity index (χ2v) is 5.93. The molecule has 104 valence electrons. The molecule has 0 saturated carbocycles. The Balaban J connectivity index is 2.65. The number of alkyl halides is 3. The number of ether oxygens (including phenoxy) is 1. The Kier molecular flexibility index (Phi) is 5.11. The summed E-state index contributed by atoms with van der Waals surface area (Å²) in [4.78, 5) is 22.2. The van der Waals surface area contributed by atoms with Gasteiger partial charge in [0.25, 0.3) is 5.91 Å². The minimum atomic E-state index is -1.71. The molecule has 0 fully saturated rings. The van der Waals surface area contributed by atoms with Crippen molar-refractivity contribution in [1.82, 2.24) is 0 Å². The molecule has 0 saturated heterocycles. The number of rotatable bonds is 3. The van der Waals surface area contributed by atoms with E-state index in [0.29, 0.717) is 0 Å². The van der Waals surface area contributed by atoms with Crippen LogP contribution in [0.5, 0.6) is 5.75 Å². The van der Waals surface area contributed by atoms with Crippen molar-refractivity contribution >= 4 is 52.5 Å². The highest BCUT2D eigenvalue weighted by molar-refractivity contribution is 6.67. The van der Waals surface area contributed by atoms with Gasteiger partial charge in [-0.15, -0.1) is 0 Å². The predicted octanol–water partition coefficient (Wildman–Crippen LogP) is 2.41. The van der Waals surface area contributed by atoms with E-state index < -0.39 is 22.4 Å². The van der Waals surface area contributed by atoms with Gasteiger partial charge in [-0.2, -0.15) is 0 Å². The van der Waals surface area contributed by atoms with Gasteiger partial charge in [-0.1, -0.05) is 34.8 Å². The third-order valence-corrected chi connectivity index (χ3v) is 2.20. The molecule has 0 aliphatic heterocycles. The van der Waals surface area contributed by atoms with Crippen LogP contribution in [0.25, 0.3) is 0 Å². The molecule has 0 spiro atoms. The smallest absolute Gasteiger partial charge is 0.411 e. The predicted molar refractivity (Wildman–Crippen MR) is 71.9 cm³/mol. The van der Waals surface area contributed by atoms with Crippen LogP contribution in [0, 0.1) is 0 Å². The minimum absolute atomic E-state index is 0.0693. The number of hydrogen-bond acceptors (Lipinski definition) is 4. The Morgan fingerprint density at radius 2 is 2.00 bits per heavy atom. The van der Waals surface area contributed by atoms with Crippen molar-refractivity contribution in [2.24, 2.45) is 5.73 Å². The van der Waals surface area contributed by atoms with E-state index in [4.69, 9.17) is 40.5 Å². The zero-order valence-electron chi connectivity index (χ0n) is 9.32. The minimum Gasteiger partial charge on any atom is -0.507 e. The van der Waals surface area contributed by atoms with Gasteiger partial charge in [0.1, 0.15) is 12.4 Å². The summed E-state index contributed by atoms with van der Waals surface area (Å²) >= 11 is 16.2. The number of halogens is 3. The van der Waals surface area contributed by atoms with Gasteiger partial charge in [-0.05, 0) is 12.1 Å². The molecule has 1 aromatic carbocycles. The first-order chi connectivity index (χ1) is 8.69. The van der Waals surface area contributed by atoms with Crippen molar-refractivity contribution in [3.05, 3.63) is 23.8 Å². The second-order valence-electron chi connectivity index (χ2n) is 3.41. The lowest BCUT2D eigenvalue weighted by Crippen LogP contribution is -2.21. The SMILES string of the molecule is NC(=O)c1ccc(NC(=O)OCC(Cl)(Cl)Cl)cc1O. The molecule has 0 aliphatic rings. The fraction of sp³-hybridized carbons (Fsp3) is 0.200. The van der Waals surface area contributed by atoms with Gasteiger partial charge in [0.05, 0.1) is 5.56 Å². The average molecular weight is 328 g/mol. The van der Waals surface area contributed by atoms with E-state index in [0.717, 1.165) is 6.07 Å². The molecule has 4 N–H and O–H groups in total. The molecule has 0 heterocycles. The number of nitrogens with two attached hydrogens (primary N) is 1. The standard InChI is InChI=1S/C10H9Cl3N2O4/c11-10(12,13)4-19-9(18)15-5-1-2-6(8(14)17)7(16)3-5/h1-3,16H,4H2,(H2,14,17)(H,15,18). The summed E-state index contributed by atoms with van der Waals surface area (Å²) in [5, 5.41) is 11.7. The number of amides is 2. The van der Waals surface area contributed by atoms with Crippen LogP contribution in [0.3, 0.4) is 0 Å². The summed E-state index contributed by atoms with van der Waals surface area (Å²) < 4.78 is 2.90. The van der Waals surface area contributed by atoms with Crippen LogP contribution in [0.4, 0.5) is 10.5 Å². The van der Waals surface area contributed by atoms with Crippen molar-refractivity contribution in [1.29, 1.82) is 0 Å². The van der Waals surface area contributed by atoms with Crippen molar-refractivity contribution in [3.63, 3.8) is 0 Å². The fourth-order valence-corrected chi connectivity index (χ4v) is 1.28. The first kappa shape index (κ1) is 15.7. The van der Waals surface area contributed by atoms with E-state index >= 15 is 0 Å². The van der Waals surface area contributed by atoms with Crippen LogP contribution in [0.1, 0.15) is 10.4 Å². The van der Waals surface area contributed by atoms with Gasteiger partial charge in [-0.25, -0.2) is 4.79 Å². The van der Waals surface area contributed by atoms with E-state index in [9.17, 15) is 14.7 Å². The summed E-state index contributed by atoms with van der Waals surface area (Å²) in [6.07, 6.45) is -0.877. The Morgan fingerprint density at radius 3 is 2.47 bits per heavy atom. The number of benzene rings is 1. The van der Waals surface area contributed by atoms with E-state index in [1.807, 2.05) is 0 Å². The van der Waals surface area contributed by atoms with Crippen LogP contribution in [-0.2, 0) is 4.74 Å². The molecular formula is C10H9Cl3N2O4. The van der Waals surface area contributed by atoms with E-state index in [2.05, 4.69) is 10.1 Å². The van der Waals surface area contributed by atoms with Gasteiger partial charge in [0, 0.05) is 11.8 Å². The maximum atomic E-state index is 11.3.